The van der Waals surface area contributed by atoms with E-state index in [1.54, 1.807) is 17.0 Å². The van der Waals surface area contributed by atoms with Gasteiger partial charge in [0.1, 0.15) is 17.3 Å². The highest BCUT2D eigenvalue weighted by Gasteiger charge is 2.39. The van der Waals surface area contributed by atoms with E-state index in [0.29, 0.717) is 41.7 Å². The summed E-state index contributed by atoms with van der Waals surface area (Å²) in [5.41, 5.74) is 8.27. The number of hydrogen-bond acceptors (Lipinski definition) is 8. The fourth-order valence-corrected chi connectivity index (χ4v) is 8.73. The zero-order chi connectivity index (χ0) is 35.3. The van der Waals surface area contributed by atoms with Crippen LogP contribution in [0.3, 0.4) is 0 Å². The molecule has 1 atom stereocenters. The molecule has 2 N–H and O–H groups in total. The summed E-state index contributed by atoms with van der Waals surface area (Å²) >= 11 is 0. The third kappa shape index (κ3) is 5.88. The quantitative estimate of drug-likeness (QED) is 0.227. The van der Waals surface area contributed by atoms with Gasteiger partial charge < -0.3 is 24.4 Å². The van der Waals surface area contributed by atoms with Gasteiger partial charge in [-0.05, 0) is 117 Å². The van der Waals surface area contributed by atoms with Crippen molar-refractivity contribution in [1.29, 1.82) is 0 Å². The average Bonchev–Trinajstić information content (AvgIpc) is 3.75. The van der Waals surface area contributed by atoms with Crippen LogP contribution < -0.4 is 10.2 Å². The van der Waals surface area contributed by atoms with Crippen LogP contribution in [0.5, 0.6) is 5.75 Å². The van der Waals surface area contributed by atoms with Crippen molar-refractivity contribution in [2.45, 2.75) is 63.1 Å². The Balaban J connectivity index is 0.795. The van der Waals surface area contributed by atoms with Gasteiger partial charge in [-0.2, -0.15) is 0 Å². The maximum absolute atomic E-state index is 13.1. The number of imide groups is 1. The lowest BCUT2D eigenvalue weighted by Gasteiger charge is -2.42. The molecule has 1 unspecified atom stereocenters. The Labute approximate surface area is 301 Å². The Morgan fingerprint density at radius 2 is 1.52 bits per heavy atom. The lowest BCUT2D eigenvalue weighted by Crippen LogP contribution is -2.52. The maximum atomic E-state index is 13.1. The maximum Gasteiger partial charge on any atom is 0.255 e. The molecule has 3 saturated heterocycles. The number of para-hydroxylation sites is 1. The number of nitrogens with zero attached hydrogens (tertiary/aromatic N) is 6. The Bertz CT molecular complexity index is 2180. The molecule has 4 aliphatic heterocycles. The van der Waals surface area contributed by atoms with E-state index in [1.165, 1.54) is 11.3 Å². The Kier molecular flexibility index (Phi) is 8.22. The second-order valence-corrected chi connectivity index (χ2v) is 14.6. The van der Waals surface area contributed by atoms with Gasteiger partial charge in [0.2, 0.25) is 11.8 Å². The summed E-state index contributed by atoms with van der Waals surface area (Å²) in [6.07, 6.45) is 7.13. The zero-order valence-electron chi connectivity index (χ0n) is 28.9. The molecular weight excluding hydrogens is 654 g/mol. The molecule has 11 nitrogen and oxygen atoms in total. The molecule has 264 valence electrons. The summed E-state index contributed by atoms with van der Waals surface area (Å²) in [5, 5.41) is 21.5. The number of piperidine rings is 3. The number of fused-ring (bicyclic) bond motifs is 2. The van der Waals surface area contributed by atoms with Crippen molar-refractivity contribution >= 4 is 34.4 Å². The van der Waals surface area contributed by atoms with Crippen molar-refractivity contribution in [3.63, 3.8) is 0 Å². The molecule has 0 saturated carbocycles. The monoisotopic (exact) mass is 695 g/mol. The largest absolute Gasteiger partial charge is 0.507 e. The molecule has 9 rings (SSSR count). The van der Waals surface area contributed by atoms with Gasteiger partial charge in [-0.25, -0.2) is 0 Å². The van der Waals surface area contributed by atoms with Gasteiger partial charge in [0.05, 0.1) is 11.2 Å². The first-order chi connectivity index (χ1) is 25.4. The van der Waals surface area contributed by atoms with Crippen LogP contribution in [0.15, 0.2) is 85.1 Å². The summed E-state index contributed by atoms with van der Waals surface area (Å²) in [6.45, 7) is 4.62. The van der Waals surface area contributed by atoms with Crippen molar-refractivity contribution in [2.75, 3.05) is 31.1 Å². The van der Waals surface area contributed by atoms with Crippen LogP contribution in [0.4, 0.5) is 5.69 Å². The second-order valence-electron chi connectivity index (χ2n) is 14.6. The number of phenols is 1. The van der Waals surface area contributed by atoms with Crippen LogP contribution in [0.2, 0.25) is 0 Å². The summed E-state index contributed by atoms with van der Waals surface area (Å²) in [5.74, 6) is -0.103. The lowest BCUT2D eigenvalue weighted by molar-refractivity contribution is -0.136. The third-order valence-corrected chi connectivity index (χ3v) is 11.6. The smallest absolute Gasteiger partial charge is 0.255 e. The summed E-state index contributed by atoms with van der Waals surface area (Å²) in [6, 6.07) is 26.1. The number of likely N-dealkylation sites (tertiary alicyclic amines) is 1. The predicted molar refractivity (Wildman–Crippen MR) is 197 cm³/mol. The van der Waals surface area contributed by atoms with Gasteiger partial charge in [0, 0.05) is 60.8 Å². The SMILES string of the molecule is O=C1CCC(N2Cc3cc(C4CCN(C5CCN(c6ccc(-n7ccc8nnc(-c9ccccc9O)cc87)cc6)CC5)CC4)ccc3C2=O)C(=O)N1. The van der Waals surface area contributed by atoms with Crippen LogP contribution in [-0.4, -0.2) is 85.7 Å². The first-order valence-electron chi connectivity index (χ1n) is 18.4. The molecule has 0 bridgehead atoms. The van der Waals surface area contributed by atoms with Crippen LogP contribution in [-0.2, 0) is 16.1 Å². The minimum atomic E-state index is -0.580. The molecular formula is C41H41N7O4. The molecule has 52 heavy (non-hydrogen) atoms. The Hall–Kier alpha value is -5.55. The number of carbonyl (C=O) groups excluding carboxylic acids is 3. The molecule has 0 spiro atoms. The minimum Gasteiger partial charge on any atom is -0.507 e. The molecule has 4 aliphatic rings. The molecule has 3 aromatic carbocycles. The van der Waals surface area contributed by atoms with E-state index in [9.17, 15) is 19.5 Å². The minimum absolute atomic E-state index is 0.113. The number of carbonyl (C=O) groups is 3. The van der Waals surface area contributed by atoms with Crippen molar-refractivity contribution in [2.24, 2.45) is 0 Å². The Morgan fingerprint density at radius 1 is 0.750 bits per heavy atom. The van der Waals surface area contributed by atoms with Gasteiger partial charge in [-0.1, -0.05) is 24.3 Å². The average molecular weight is 696 g/mol. The molecule has 3 amide bonds. The fraction of sp³-hybridized carbons (Fsp3) is 0.341. The first-order valence-corrected chi connectivity index (χ1v) is 18.4. The van der Waals surface area contributed by atoms with Crippen LogP contribution in [0, 0.1) is 0 Å². The van der Waals surface area contributed by atoms with E-state index in [-0.39, 0.29) is 29.9 Å². The highest BCUT2D eigenvalue weighted by atomic mass is 16.3. The predicted octanol–water partition coefficient (Wildman–Crippen LogP) is 5.40. The number of phenolic OH excluding ortho intramolecular Hbond substituents is 1. The van der Waals surface area contributed by atoms with Gasteiger partial charge in [-0.15, -0.1) is 10.2 Å². The number of anilines is 1. The summed E-state index contributed by atoms with van der Waals surface area (Å²) in [4.78, 5) is 44.0. The van der Waals surface area contributed by atoms with Gasteiger partial charge in [-0.3, -0.25) is 19.7 Å². The molecule has 5 aromatic rings. The molecule has 2 aromatic heterocycles. The summed E-state index contributed by atoms with van der Waals surface area (Å²) < 4.78 is 2.12. The van der Waals surface area contributed by atoms with Crippen LogP contribution >= 0.6 is 0 Å². The van der Waals surface area contributed by atoms with Crippen molar-refractivity contribution in [3.05, 3.63) is 102 Å². The molecule has 11 heteroatoms. The third-order valence-electron chi connectivity index (χ3n) is 11.6. The highest BCUT2D eigenvalue weighted by molar-refractivity contribution is 6.05. The lowest BCUT2D eigenvalue weighted by atomic mass is 9.86. The molecule has 0 radical (unpaired) electrons. The number of hydrogen-bond donors (Lipinski definition) is 2. The van der Waals surface area contributed by atoms with Crippen LogP contribution in [0.25, 0.3) is 28.0 Å². The fourth-order valence-electron chi connectivity index (χ4n) is 8.73. The normalized spacial score (nSPS) is 20.5. The van der Waals surface area contributed by atoms with Crippen molar-refractivity contribution < 1.29 is 19.5 Å². The van der Waals surface area contributed by atoms with E-state index in [1.807, 2.05) is 36.5 Å². The van der Waals surface area contributed by atoms with E-state index in [2.05, 4.69) is 66.3 Å². The number of nitrogens with one attached hydrogen (secondary N) is 1. The summed E-state index contributed by atoms with van der Waals surface area (Å²) in [7, 11) is 0. The van der Waals surface area contributed by atoms with Crippen LogP contribution in [0.1, 0.15) is 65.9 Å². The second kappa shape index (κ2) is 13.2. The standard InChI is InChI=1S/C41H41N7O4/c49-38-4-2-1-3-33(38)35-24-37-34(43-44-35)17-22-47(37)31-8-6-29(7-9-31)46-20-15-30(16-21-46)45-18-13-26(14-19-45)27-5-10-32-28(23-27)25-48(41(32)52)36-11-12-39(50)42-40(36)51/h1-10,17,22-24,26,30,36,49H,11-16,18-21,25H2,(H,42,50,51). The molecule has 3 fully saturated rings. The molecule has 0 aliphatic carbocycles. The van der Waals surface area contributed by atoms with Crippen molar-refractivity contribution in [3.8, 4) is 22.7 Å². The van der Waals surface area contributed by atoms with Crippen molar-refractivity contribution in [1.82, 2.24) is 29.9 Å². The van der Waals surface area contributed by atoms with Gasteiger partial charge >= 0.3 is 0 Å². The van der Waals surface area contributed by atoms with E-state index >= 15 is 0 Å². The van der Waals surface area contributed by atoms with E-state index < -0.39 is 6.04 Å². The van der Waals surface area contributed by atoms with Gasteiger partial charge in [0.25, 0.3) is 5.91 Å². The van der Waals surface area contributed by atoms with E-state index in [4.69, 9.17) is 0 Å². The first kappa shape index (κ1) is 32.4. The molecule has 6 heterocycles. The Morgan fingerprint density at radius 3 is 2.29 bits per heavy atom. The number of benzene rings is 3. The zero-order valence-corrected chi connectivity index (χ0v) is 28.9. The number of aromatic hydroxyl groups is 1. The number of aromatic nitrogens is 3. The van der Waals surface area contributed by atoms with Gasteiger partial charge in [0.15, 0.2) is 0 Å². The topological polar surface area (TPSA) is 124 Å². The number of amides is 3. The van der Waals surface area contributed by atoms with E-state index in [0.717, 1.165) is 74.1 Å². The highest BCUT2D eigenvalue weighted by Crippen LogP contribution is 2.36. The number of rotatable bonds is 6.